The molecule has 0 unspecified atom stereocenters. The zero-order valence-corrected chi connectivity index (χ0v) is 16.8. The van der Waals surface area contributed by atoms with E-state index in [1.165, 1.54) is 42.5 Å². The Hall–Kier alpha value is -1.98. The third-order valence-corrected chi connectivity index (χ3v) is 6.69. The van der Waals surface area contributed by atoms with E-state index < -0.39 is 0 Å². The van der Waals surface area contributed by atoms with Crippen LogP contribution in [0.3, 0.4) is 0 Å². The fourth-order valence-electron chi connectivity index (χ4n) is 5.05. The predicted molar refractivity (Wildman–Crippen MR) is 112 cm³/mol. The summed E-state index contributed by atoms with van der Waals surface area (Å²) in [5.74, 6) is 0.946. The van der Waals surface area contributed by atoms with Gasteiger partial charge in [0.05, 0.1) is 5.69 Å². The highest BCUT2D eigenvalue weighted by Gasteiger charge is 2.27. The highest BCUT2D eigenvalue weighted by Crippen LogP contribution is 2.26. The standard InChI is InChI=1S/C23H31N5/c1-2-6-19(7-3-1)17-26-11-10-22-20(18-26)16-24-23(25-22)28-14-12-27(13-15-28)21-8-4-5-9-21/h1-3,6-7,16,21H,4-5,8-15,17-18H2. The Balaban J connectivity index is 1.20. The zero-order valence-electron chi connectivity index (χ0n) is 16.8. The molecule has 28 heavy (non-hydrogen) atoms. The van der Waals surface area contributed by atoms with E-state index in [9.17, 15) is 0 Å². The molecule has 2 fully saturated rings. The van der Waals surface area contributed by atoms with E-state index in [0.29, 0.717) is 0 Å². The van der Waals surface area contributed by atoms with Crippen molar-refractivity contribution in [1.29, 1.82) is 0 Å². The first kappa shape index (κ1) is 18.1. The van der Waals surface area contributed by atoms with Gasteiger partial charge < -0.3 is 4.90 Å². The molecule has 0 amide bonds. The Morgan fingerprint density at radius 2 is 1.71 bits per heavy atom. The second-order valence-electron chi connectivity index (χ2n) is 8.55. The summed E-state index contributed by atoms with van der Waals surface area (Å²) in [7, 11) is 0. The summed E-state index contributed by atoms with van der Waals surface area (Å²) in [6.07, 6.45) is 8.74. The van der Waals surface area contributed by atoms with Gasteiger partial charge in [-0.05, 0) is 18.4 Å². The molecule has 5 heteroatoms. The van der Waals surface area contributed by atoms with E-state index in [-0.39, 0.29) is 0 Å². The van der Waals surface area contributed by atoms with Crippen LogP contribution in [0.25, 0.3) is 0 Å². The van der Waals surface area contributed by atoms with Crippen molar-refractivity contribution in [2.75, 3.05) is 37.6 Å². The Morgan fingerprint density at radius 3 is 2.50 bits per heavy atom. The molecule has 5 nitrogen and oxygen atoms in total. The van der Waals surface area contributed by atoms with Crippen molar-refractivity contribution in [3.8, 4) is 0 Å². The monoisotopic (exact) mass is 377 g/mol. The first-order chi connectivity index (χ1) is 13.8. The molecule has 1 saturated heterocycles. The maximum atomic E-state index is 4.97. The summed E-state index contributed by atoms with van der Waals surface area (Å²) in [4.78, 5) is 17.3. The molecule has 3 heterocycles. The van der Waals surface area contributed by atoms with Gasteiger partial charge in [-0.1, -0.05) is 43.2 Å². The molecule has 2 aliphatic heterocycles. The van der Waals surface area contributed by atoms with E-state index >= 15 is 0 Å². The van der Waals surface area contributed by atoms with Crippen molar-refractivity contribution in [2.45, 2.75) is 51.2 Å². The molecule has 1 aliphatic carbocycles. The molecule has 0 N–H and O–H groups in total. The minimum atomic E-state index is 0.835. The fraction of sp³-hybridized carbons (Fsp3) is 0.565. The molecule has 0 atom stereocenters. The number of aromatic nitrogens is 2. The van der Waals surface area contributed by atoms with E-state index in [2.05, 4.69) is 51.2 Å². The summed E-state index contributed by atoms with van der Waals surface area (Å²) in [5, 5.41) is 0. The summed E-state index contributed by atoms with van der Waals surface area (Å²) >= 11 is 0. The van der Waals surface area contributed by atoms with Gasteiger partial charge in [0.1, 0.15) is 0 Å². The van der Waals surface area contributed by atoms with Gasteiger partial charge in [0.15, 0.2) is 0 Å². The zero-order chi connectivity index (χ0) is 18.8. The number of nitrogens with zero attached hydrogens (tertiary/aromatic N) is 5. The average molecular weight is 378 g/mol. The lowest BCUT2D eigenvalue weighted by molar-refractivity contribution is 0.186. The fourth-order valence-corrected chi connectivity index (χ4v) is 5.05. The largest absolute Gasteiger partial charge is 0.338 e. The Morgan fingerprint density at radius 1 is 0.929 bits per heavy atom. The minimum absolute atomic E-state index is 0.835. The number of hydrogen-bond acceptors (Lipinski definition) is 5. The molecule has 0 bridgehead atoms. The normalized spacial score (nSPS) is 21.8. The molecular formula is C23H31N5. The van der Waals surface area contributed by atoms with Gasteiger partial charge in [0, 0.05) is 70.0 Å². The Labute approximate surface area is 168 Å². The molecule has 5 rings (SSSR count). The third-order valence-electron chi connectivity index (χ3n) is 6.69. The molecule has 1 aromatic heterocycles. The van der Waals surface area contributed by atoms with E-state index in [4.69, 9.17) is 9.97 Å². The van der Waals surface area contributed by atoms with E-state index in [0.717, 1.165) is 64.2 Å². The van der Waals surface area contributed by atoms with Crippen LogP contribution in [-0.2, 0) is 19.5 Å². The SMILES string of the molecule is c1ccc(CN2CCc3nc(N4CCN(C5CCCC5)CC4)ncc3C2)cc1. The van der Waals surface area contributed by atoms with Crippen molar-refractivity contribution in [3.05, 3.63) is 53.3 Å². The molecule has 0 radical (unpaired) electrons. The Kier molecular flexibility index (Phi) is 5.28. The van der Waals surface area contributed by atoms with Gasteiger partial charge in [-0.25, -0.2) is 9.97 Å². The van der Waals surface area contributed by atoms with Crippen LogP contribution in [0.1, 0.15) is 42.5 Å². The van der Waals surface area contributed by atoms with Crippen LogP contribution in [0.5, 0.6) is 0 Å². The van der Waals surface area contributed by atoms with Crippen LogP contribution < -0.4 is 4.90 Å². The lowest BCUT2D eigenvalue weighted by atomic mass is 10.1. The Bertz CT molecular complexity index is 779. The number of piperazine rings is 1. The molecule has 1 aromatic carbocycles. The minimum Gasteiger partial charge on any atom is -0.338 e. The third kappa shape index (κ3) is 3.91. The maximum absolute atomic E-state index is 4.97. The number of rotatable bonds is 4. The topological polar surface area (TPSA) is 35.5 Å². The summed E-state index contributed by atoms with van der Waals surface area (Å²) in [6.45, 7) is 7.50. The maximum Gasteiger partial charge on any atom is 0.225 e. The van der Waals surface area contributed by atoms with Crippen molar-refractivity contribution in [1.82, 2.24) is 19.8 Å². The molecule has 3 aliphatic rings. The molecule has 2 aromatic rings. The number of anilines is 1. The molecule has 148 valence electrons. The van der Waals surface area contributed by atoms with E-state index in [1.807, 2.05) is 0 Å². The van der Waals surface area contributed by atoms with Crippen LogP contribution in [0.4, 0.5) is 5.95 Å². The van der Waals surface area contributed by atoms with Crippen LogP contribution in [-0.4, -0.2) is 58.5 Å². The molecule has 1 saturated carbocycles. The van der Waals surface area contributed by atoms with Gasteiger partial charge in [0.25, 0.3) is 0 Å². The van der Waals surface area contributed by atoms with Crippen LogP contribution in [0.2, 0.25) is 0 Å². The number of benzene rings is 1. The van der Waals surface area contributed by atoms with Gasteiger partial charge in [0.2, 0.25) is 5.95 Å². The highest BCUT2D eigenvalue weighted by molar-refractivity contribution is 5.35. The van der Waals surface area contributed by atoms with Gasteiger partial charge in [-0.3, -0.25) is 9.80 Å². The first-order valence-corrected chi connectivity index (χ1v) is 11.0. The lowest BCUT2D eigenvalue weighted by Gasteiger charge is -2.38. The van der Waals surface area contributed by atoms with Crippen LogP contribution >= 0.6 is 0 Å². The number of fused-ring (bicyclic) bond motifs is 1. The highest BCUT2D eigenvalue weighted by atomic mass is 15.3. The second-order valence-corrected chi connectivity index (χ2v) is 8.55. The van der Waals surface area contributed by atoms with Gasteiger partial charge >= 0.3 is 0 Å². The molecular weight excluding hydrogens is 346 g/mol. The van der Waals surface area contributed by atoms with Gasteiger partial charge in [-0.2, -0.15) is 0 Å². The van der Waals surface area contributed by atoms with Crippen molar-refractivity contribution in [2.24, 2.45) is 0 Å². The van der Waals surface area contributed by atoms with Crippen molar-refractivity contribution >= 4 is 5.95 Å². The summed E-state index contributed by atoms with van der Waals surface area (Å²) in [5.41, 5.74) is 3.94. The van der Waals surface area contributed by atoms with Crippen LogP contribution in [0.15, 0.2) is 36.5 Å². The predicted octanol–water partition coefficient (Wildman–Crippen LogP) is 3.10. The molecule has 0 spiro atoms. The van der Waals surface area contributed by atoms with Gasteiger partial charge in [-0.15, -0.1) is 0 Å². The van der Waals surface area contributed by atoms with Crippen molar-refractivity contribution < 1.29 is 0 Å². The quantitative estimate of drug-likeness (QED) is 0.818. The smallest absolute Gasteiger partial charge is 0.225 e. The van der Waals surface area contributed by atoms with E-state index in [1.54, 1.807) is 0 Å². The average Bonchev–Trinajstić information content (AvgIpc) is 3.29. The van der Waals surface area contributed by atoms with Crippen LogP contribution in [0, 0.1) is 0 Å². The summed E-state index contributed by atoms with van der Waals surface area (Å²) < 4.78 is 0. The second kappa shape index (κ2) is 8.18. The summed E-state index contributed by atoms with van der Waals surface area (Å²) in [6, 6.07) is 11.6. The number of hydrogen-bond donors (Lipinski definition) is 0. The van der Waals surface area contributed by atoms with Crippen molar-refractivity contribution in [3.63, 3.8) is 0 Å². The lowest BCUT2D eigenvalue weighted by Crippen LogP contribution is -2.50. The first-order valence-electron chi connectivity index (χ1n) is 11.0.